The van der Waals surface area contributed by atoms with E-state index in [0.717, 1.165) is 17.5 Å². The number of allylic oxidation sites excluding steroid dienone is 1. The van der Waals surface area contributed by atoms with Crippen LogP contribution in [0.1, 0.15) is 24.0 Å². The minimum Gasteiger partial charge on any atom is -0.465 e. The predicted octanol–water partition coefficient (Wildman–Crippen LogP) is 2.66. The lowest BCUT2D eigenvalue weighted by Crippen LogP contribution is -2.58. The topological polar surface area (TPSA) is 96.4 Å². The molecule has 1 unspecified atom stereocenters. The number of hydrogen-bond donors (Lipinski definition) is 1. The first-order valence-electron chi connectivity index (χ1n) is 14.0. The number of aliphatic hydroxyl groups excluding tert-OH is 1. The highest BCUT2D eigenvalue weighted by Gasteiger charge is 2.72. The van der Waals surface area contributed by atoms with Crippen molar-refractivity contribution >= 4 is 17.8 Å². The molecule has 0 bridgehead atoms. The summed E-state index contributed by atoms with van der Waals surface area (Å²) in [5.41, 5.74) is 0.538. The van der Waals surface area contributed by atoms with Gasteiger partial charge in [0.05, 0.1) is 31.3 Å². The van der Waals surface area contributed by atoms with Crippen LogP contribution in [-0.4, -0.2) is 76.2 Å². The van der Waals surface area contributed by atoms with Crippen molar-refractivity contribution in [2.75, 3.05) is 19.8 Å². The van der Waals surface area contributed by atoms with Gasteiger partial charge >= 0.3 is 5.97 Å². The Kier molecular flexibility index (Phi) is 7.29. The van der Waals surface area contributed by atoms with Crippen LogP contribution < -0.4 is 0 Å². The predicted molar refractivity (Wildman–Crippen MR) is 147 cm³/mol. The second-order valence-electron chi connectivity index (χ2n) is 11.0. The van der Waals surface area contributed by atoms with Crippen LogP contribution in [0.5, 0.6) is 0 Å². The van der Waals surface area contributed by atoms with Crippen molar-refractivity contribution < 1.29 is 29.0 Å². The highest BCUT2D eigenvalue weighted by molar-refractivity contribution is 5.99. The van der Waals surface area contributed by atoms with E-state index >= 15 is 0 Å². The van der Waals surface area contributed by atoms with E-state index in [9.17, 15) is 19.5 Å². The lowest BCUT2D eigenvalue weighted by molar-refractivity contribution is -0.156. The molecule has 0 saturated carbocycles. The molecule has 2 amide bonds. The molecule has 6 atom stereocenters. The van der Waals surface area contributed by atoms with Gasteiger partial charge in [0.2, 0.25) is 11.8 Å². The molecule has 4 aliphatic heterocycles. The summed E-state index contributed by atoms with van der Waals surface area (Å²) in [7, 11) is 0. The summed E-state index contributed by atoms with van der Waals surface area (Å²) >= 11 is 0. The van der Waals surface area contributed by atoms with E-state index in [1.54, 1.807) is 4.90 Å². The number of rotatable bonds is 6. The molecule has 0 aromatic heterocycles. The maximum Gasteiger partial charge on any atom is 0.312 e. The minimum absolute atomic E-state index is 0.264. The molecule has 40 heavy (non-hydrogen) atoms. The highest BCUT2D eigenvalue weighted by atomic mass is 16.6. The SMILES string of the molecule is O=C1OCCC/C=C\[C@@H]2O[C@]34C=CCN(Cc5ccccc5)C(=O)C3N([C@@H](CO)Cc3ccccc3)C(=O)[C@@H]4[C@H]12. The zero-order chi connectivity index (χ0) is 27.7. The van der Waals surface area contributed by atoms with Crippen molar-refractivity contribution in [3.05, 3.63) is 96.1 Å². The number of aliphatic hydroxyl groups is 1. The Hall–Kier alpha value is -3.75. The van der Waals surface area contributed by atoms with E-state index in [0.29, 0.717) is 25.9 Å². The van der Waals surface area contributed by atoms with Crippen molar-refractivity contribution in [2.45, 2.75) is 49.6 Å². The Morgan fingerprint density at radius 2 is 1.68 bits per heavy atom. The fourth-order valence-corrected chi connectivity index (χ4v) is 6.72. The number of ether oxygens (including phenoxy) is 2. The van der Waals surface area contributed by atoms with E-state index in [4.69, 9.17) is 9.47 Å². The number of hydrogen-bond acceptors (Lipinski definition) is 6. The molecule has 0 radical (unpaired) electrons. The van der Waals surface area contributed by atoms with Gasteiger partial charge in [-0.25, -0.2) is 0 Å². The first kappa shape index (κ1) is 26.5. The van der Waals surface area contributed by atoms with E-state index in [1.165, 1.54) is 4.90 Å². The van der Waals surface area contributed by atoms with Gasteiger partial charge in [-0.2, -0.15) is 0 Å². The standard InChI is InChI=1S/C32H34N2O6/c35-21-24(19-22-11-4-1-5-12-22)34-28-30(37)33(20-23-13-6-2-7-14-23)17-10-16-32(28)27(29(34)36)26-25(40-32)15-8-3-9-18-39-31(26)38/h1-2,4-8,10-16,24-28,35H,3,9,17-21H2/b15-8-/t24-,25+,26-,27+,28?,32+/m1/s1. The fraction of sp³-hybridized carbons (Fsp3) is 0.406. The van der Waals surface area contributed by atoms with Crippen LogP contribution in [0.2, 0.25) is 0 Å². The van der Waals surface area contributed by atoms with Gasteiger partial charge in [0.15, 0.2) is 0 Å². The quantitative estimate of drug-likeness (QED) is 0.446. The zero-order valence-electron chi connectivity index (χ0n) is 22.3. The third kappa shape index (κ3) is 4.55. The van der Waals surface area contributed by atoms with Crippen molar-refractivity contribution in [3.8, 4) is 0 Å². The van der Waals surface area contributed by atoms with Crippen molar-refractivity contribution in [1.82, 2.24) is 9.80 Å². The Bertz CT molecular complexity index is 1310. The molecular weight excluding hydrogens is 508 g/mol. The molecule has 208 valence electrons. The number of nitrogens with zero attached hydrogens (tertiary/aromatic N) is 2. The van der Waals surface area contributed by atoms with Crippen molar-refractivity contribution in [3.63, 3.8) is 0 Å². The molecule has 8 nitrogen and oxygen atoms in total. The number of likely N-dealkylation sites (tertiary alicyclic amines) is 1. The molecule has 1 N–H and O–H groups in total. The van der Waals surface area contributed by atoms with E-state index < -0.39 is 41.6 Å². The third-order valence-electron chi connectivity index (χ3n) is 8.51. The van der Waals surface area contributed by atoms with E-state index in [2.05, 4.69) is 0 Å². The highest BCUT2D eigenvalue weighted by Crippen LogP contribution is 2.53. The normalized spacial score (nSPS) is 31.3. The second-order valence-corrected chi connectivity index (χ2v) is 11.0. The van der Waals surface area contributed by atoms with Crippen LogP contribution in [0.25, 0.3) is 0 Å². The zero-order valence-corrected chi connectivity index (χ0v) is 22.3. The number of fused-ring (bicyclic) bond motifs is 2. The molecule has 8 heteroatoms. The Morgan fingerprint density at radius 3 is 2.40 bits per heavy atom. The first-order chi connectivity index (χ1) is 19.5. The number of benzene rings is 2. The van der Waals surface area contributed by atoms with E-state index in [1.807, 2.05) is 85.0 Å². The van der Waals surface area contributed by atoms with Gasteiger partial charge < -0.3 is 24.4 Å². The molecule has 2 aromatic rings. The molecule has 6 rings (SSSR count). The molecule has 2 saturated heterocycles. The van der Waals surface area contributed by atoms with Crippen molar-refractivity contribution in [2.24, 2.45) is 11.8 Å². The molecule has 2 aromatic carbocycles. The minimum atomic E-state index is -1.36. The molecular formula is C32H34N2O6. The fourth-order valence-electron chi connectivity index (χ4n) is 6.72. The Morgan fingerprint density at radius 1 is 0.950 bits per heavy atom. The summed E-state index contributed by atoms with van der Waals surface area (Å²) in [5.74, 6) is -2.94. The van der Waals surface area contributed by atoms with Crippen LogP contribution in [0, 0.1) is 11.8 Å². The number of amides is 2. The van der Waals surface area contributed by atoms with Gasteiger partial charge in [-0.3, -0.25) is 14.4 Å². The monoisotopic (exact) mass is 542 g/mol. The van der Waals surface area contributed by atoms with Gasteiger partial charge in [0.1, 0.15) is 17.6 Å². The van der Waals surface area contributed by atoms with Gasteiger partial charge in [0.25, 0.3) is 0 Å². The van der Waals surface area contributed by atoms with Crippen LogP contribution in [0.15, 0.2) is 85.0 Å². The summed E-state index contributed by atoms with van der Waals surface area (Å²) in [6.07, 6.45) is 8.58. The number of carbonyl (C=O) groups excluding carboxylic acids is 3. The van der Waals surface area contributed by atoms with Gasteiger partial charge in [-0.1, -0.05) is 85.0 Å². The summed E-state index contributed by atoms with van der Waals surface area (Å²) < 4.78 is 12.3. The van der Waals surface area contributed by atoms with Crippen LogP contribution in [0.4, 0.5) is 0 Å². The number of carbonyl (C=O) groups is 3. The average Bonchev–Trinajstić information content (AvgIpc) is 3.39. The smallest absolute Gasteiger partial charge is 0.312 e. The summed E-state index contributed by atoms with van der Waals surface area (Å²) in [5, 5.41) is 10.6. The second kappa shape index (κ2) is 11.0. The van der Waals surface area contributed by atoms with Gasteiger partial charge in [-0.15, -0.1) is 0 Å². The molecule has 4 heterocycles. The summed E-state index contributed by atoms with van der Waals surface area (Å²) in [4.78, 5) is 45.5. The van der Waals surface area contributed by atoms with Gasteiger partial charge in [0, 0.05) is 13.1 Å². The lowest BCUT2D eigenvalue weighted by atomic mass is 9.78. The van der Waals surface area contributed by atoms with Crippen molar-refractivity contribution in [1.29, 1.82) is 0 Å². The maximum atomic E-state index is 14.5. The van der Waals surface area contributed by atoms with Crippen LogP contribution in [-0.2, 0) is 36.8 Å². The summed E-state index contributed by atoms with van der Waals surface area (Å²) in [6, 6.07) is 17.6. The lowest BCUT2D eigenvalue weighted by Gasteiger charge is -2.38. The van der Waals surface area contributed by atoms with Gasteiger partial charge in [-0.05, 0) is 30.4 Å². The number of esters is 1. The van der Waals surface area contributed by atoms with Crippen LogP contribution >= 0.6 is 0 Å². The molecule has 4 aliphatic rings. The Labute approximate surface area is 233 Å². The first-order valence-corrected chi connectivity index (χ1v) is 14.0. The summed E-state index contributed by atoms with van der Waals surface area (Å²) in [6.45, 7) is 0.622. The molecule has 0 aliphatic carbocycles. The molecule has 1 spiro atoms. The van der Waals surface area contributed by atoms with E-state index in [-0.39, 0.29) is 25.0 Å². The third-order valence-corrected chi connectivity index (χ3v) is 8.51. The molecule has 2 fully saturated rings. The largest absolute Gasteiger partial charge is 0.465 e. The number of cyclic esters (lactones) is 1. The average molecular weight is 543 g/mol. The maximum absolute atomic E-state index is 14.5. The van der Waals surface area contributed by atoms with Crippen LogP contribution in [0.3, 0.4) is 0 Å². The Balaban J connectivity index is 1.44.